The Morgan fingerprint density at radius 3 is 2.67 bits per heavy atom. The number of H-pyrrole nitrogens is 1. The topological polar surface area (TPSA) is 32.9 Å². The van der Waals surface area contributed by atoms with Gasteiger partial charge in [0.25, 0.3) is 0 Å². The van der Waals surface area contributed by atoms with E-state index in [0.717, 1.165) is 5.39 Å². The number of benzene rings is 1. The fourth-order valence-corrected chi connectivity index (χ4v) is 1.64. The predicted molar refractivity (Wildman–Crippen MR) is 58.6 cm³/mol. The molecule has 0 bridgehead atoms. The zero-order valence-electron chi connectivity index (χ0n) is 8.67. The molecule has 0 spiro atoms. The van der Waals surface area contributed by atoms with Crippen LogP contribution in [-0.2, 0) is 0 Å². The number of fused-ring (bicyclic) bond motifs is 1. The molecule has 3 heteroatoms. The summed E-state index contributed by atoms with van der Waals surface area (Å²) in [6.07, 6.45) is 0. The molecule has 0 saturated carbocycles. The average molecular weight is 205 g/mol. The van der Waals surface area contributed by atoms with Crippen LogP contribution >= 0.6 is 0 Å². The van der Waals surface area contributed by atoms with Crippen molar-refractivity contribution in [2.75, 3.05) is 0 Å². The number of aromatic amines is 1. The number of halogens is 1. The van der Waals surface area contributed by atoms with Gasteiger partial charge in [-0.1, -0.05) is 13.8 Å². The fraction of sp³-hybridized carbons (Fsp3) is 0.250. The molecule has 0 amide bonds. The van der Waals surface area contributed by atoms with E-state index >= 15 is 0 Å². The summed E-state index contributed by atoms with van der Waals surface area (Å²) < 4.78 is 13.6. The first-order valence-corrected chi connectivity index (χ1v) is 4.90. The second-order valence-electron chi connectivity index (χ2n) is 3.94. The first-order valence-electron chi connectivity index (χ1n) is 4.90. The van der Waals surface area contributed by atoms with E-state index in [4.69, 9.17) is 0 Å². The molecule has 1 heterocycles. The highest BCUT2D eigenvalue weighted by Gasteiger charge is 2.08. The molecular formula is C12H12FNO. The van der Waals surface area contributed by atoms with Gasteiger partial charge in [-0.25, -0.2) is 4.39 Å². The maximum Gasteiger partial charge on any atom is 0.248 e. The molecule has 0 saturated heterocycles. The minimum atomic E-state index is -0.264. The maximum atomic E-state index is 13.6. The first-order chi connectivity index (χ1) is 7.08. The van der Waals surface area contributed by atoms with Gasteiger partial charge in [-0.2, -0.15) is 0 Å². The van der Waals surface area contributed by atoms with Crippen LogP contribution in [0.25, 0.3) is 10.9 Å². The van der Waals surface area contributed by atoms with E-state index < -0.39 is 0 Å². The third-order valence-electron chi connectivity index (χ3n) is 2.46. The van der Waals surface area contributed by atoms with Gasteiger partial charge in [0.05, 0.1) is 5.52 Å². The first kappa shape index (κ1) is 9.90. The predicted octanol–water partition coefficient (Wildman–Crippen LogP) is 2.79. The summed E-state index contributed by atoms with van der Waals surface area (Å²) in [5.41, 5.74) is 1.01. The van der Waals surface area contributed by atoms with Crippen molar-refractivity contribution in [2.24, 2.45) is 0 Å². The molecule has 1 aromatic carbocycles. The Hall–Kier alpha value is -1.64. The van der Waals surface area contributed by atoms with Crippen LogP contribution in [0.15, 0.2) is 29.1 Å². The summed E-state index contributed by atoms with van der Waals surface area (Å²) in [7, 11) is 0. The summed E-state index contributed by atoms with van der Waals surface area (Å²) in [5.74, 6) is -0.124. The fourth-order valence-electron chi connectivity index (χ4n) is 1.64. The number of nitrogens with one attached hydrogen (secondary N) is 1. The molecule has 0 unspecified atom stereocenters. The Balaban J connectivity index is 2.76. The number of pyridine rings is 1. The number of rotatable bonds is 1. The van der Waals surface area contributed by atoms with Crippen LogP contribution < -0.4 is 5.56 Å². The minimum Gasteiger partial charge on any atom is -0.322 e. The highest BCUT2D eigenvalue weighted by atomic mass is 19.1. The average Bonchev–Trinajstić information content (AvgIpc) is 2.15. The summed E-state index contributed by atoms with van der Waals surface area (Å²) in [6, 6.07) is 6.32. The lowest BCUT2D eigenvalue weighted by Crippen LogP contribution is -2.03. The summed E-state index contributed by atoms with van der Waals surface area (Å²) in [6.45, 7) is 3.88. The molecule has 0 radical (unpaired) electrons. The Kier molecular flexibility index (Phi) is 2.31. The zero-order valence-corrected chi connectivity index (χ0v) is 8.67. The Morgan fingerprint density at radius 1 is 1.27 bits per heavy atom. The van der Waals surface area contributed by atoms with E-state index in [2.05, 4.69) is 4.98 Å². The van der Waals surface area contributed by atoms with Crippen molar-refractivity contribution >= 4 is 10.9 Å². The van der Waals surface area contributed by atoms with Crippen LogP contribution in [-0.4, -0.2) is 4.98 Å². The van der Waals surface area contributed by atoms with Gasteiger partial charge in [0.15, 0.2) is 0 Å². The summed E-state index contributed by atoms with van der Waals surface area (Å²) in [4.78, 5) is 13.6. The summed E-state index contributed by atoms with van der Waals surface area (Å²) in [5, 5.41) is 0.861. The third-order valence-corrected chi connectivity index (χ3v) is 2.46. The molecule has 1 N–H and O–H groups in total. The van der Waals surface area contributed by atoms with Crippen molar-refractivity contribution in [1.82, 2.24) is 4.98 Å². The molecule has 2 nitrogen and oxygen atoms in total. The van der Waals surface area contributed by atoms with Crippen LogP contribution in [0, 0.1) is 5.82 Å². The lowest BCUT2D eigenvalue weighted by atomic mass is 10.0. The molecule has 2 aromatic rings. The number of hydrogen-bond donors (Lipinski definition) is 1. The lowest BCUT2D eigenvalue weighted by molar-refractivity contribution is 0.600. The minimum absolute atomic E-state index is 0.140. The quantitative estimate of drug-likeness (QED) is 0.762. The molecule has 1 aromatic heterocycles. The van der Waals surface area contributed by atoms with E-state index in [1.54, 1.807) is 12.1 Å². The van der Waals surface area contributed by atoms with Crippen molar-refractivity contribution in [3.05, 3.63) is 46.0 Å². The molecule has 78 valence electrons. The van der Waals surface area contributed by atoms with E-state index in [1.807, 2.05) is 13.8 Å². The lowest BCUT2D eigenvalue weighted by Gasteiger charge is -2.08. The molecule has 0 aliphatic carbocycles. The van der Waals surface area contributed by atoms with Crippen LogP contribution in [0.1, 0.15) is 25.3 Å². The van der Waals surface area contributed by atoms with Crippen molar-refractivity contribution in [3.63, 3.8) is 0 Å². The second-order valence-corrected chi connectivity index (χ2v) is 3.94. The normalized spacial score (nSPS) is 11.2. The van der Waals surface area contributed by atoms with Crippen LogP contribution in [0.5, 0.6) is 0 Å². The Bertz CT molecular complexity index is 557. The SMILES string of the molecule is CC(C)c1cc2ccc(=O)[nH]c2cc1F. The molecule has 0 atom stereocenters. The monoisotopic (exact) mass is 205 g/mol. The second kappa shape index (κ2) is 3.50. The standard InChI is InChI=1S/C12H12FNO/c1-7(2)9-5-8-3-4-12(15)14-11(8)6-10(9)13/h3-7H,1-2H3,(H,14,15). The molecule has 0 aliphatic rings. The largest absolute Gasteiger partial charge is 0.322 e. The molecule has 0 fully saturated rings. The number of hydrogen-bond acceptors (Lipinski definition) is 1. The van der Waals surface area contributed by atoms with Crippen LogP contribution in [0.3, 0.4) is 0 Å². The van der Waals surface area contributed by atoms with E-state index in [1.165, 1.54) is 12.1 Å². The third kappa shape index (κ3) is 1.77. The van der Waals surface area contributed by atoms with E-state index in [-0.39, 0.29) is 17.3 Å². The molecule has 2 rings (SSSR count). The van der Waals surface area contributed by atoms with Gasteiger partial charge in [-0.15, -0.1) is 0 Å². The van der Waals surface area contributed by atoms with Crippen molar-refractivity contribution < 1.29 is 4.39 Å². The van der Waals surface area contributed by atoms with Gasteiger partial charge in [-0.05, 0) is 35.1 Å². The van der Waals surface area contributed by atoms with Gasteiger partial charge < -0.3 is 4.98 Å². The van der Waals surface area contributed by atoms with Gasteiger partial charge in [0.1, 0.15) is 5.82 Å². The van der Waals surface area contributed by atoms with Gasteiger partial charge in [-0.3, -0.25) is 4.79 Å². The van der Waals surface area contributed by atoms with E-state index in [0.29, 0.717) is 11.1 Å². The maximum absolute atomic E-state index is 13.6. The van der Waals surface area contributed by atoms with E-state index in [9.17, 15) is 9.18 Å². The van der Waals surface area contributed by atoms with Crippen molar-refractivity contribution in [1.29, 1.82) is 0 Å². The highest BCUT2D eigenvalue weighted by Crippen LogP contribution is 2.22. The van der Waals surface area contributed by atoms with Gasteiger partial charge >= 0.3 is 0 Å². The van der Waals surface area contributed by atoms with Crippen molar-refractivity contribution in [2.45, 2.75) is 19.8 Å². The van der Waals surface area contributed by atoms with Gasteiger partial charge in [0.2, 0.25) is 5.56 Å². The molecule has 0 aliphatic heterocycles. The summed E-state index contributed by atoms with van der Waals surface area (Å²) >= 11 is 0. The Morgan fingerprint density at radius 2 is 2.00 bits per heavy atom. The van der Waals surface area contributed by atoms with Gasteiger partial charge in [0, 0.05) is 6.07 Å². The zero-order chi connectivity index (χ0) is 11.0. The molecular weight excluding hydrogens is 193 g/mol. The smallest absolute Gasteiger partial charge is 0.248 e. The molecule has 15 heavy (non-hydrogen) atoms. The van der Waals surface area contributed by atoms with Crippen molar-refractivity contribution in [3.8, 4) is 0 Å². The Labute approximate surface area is 86.8 Å². The van der Waals surface area contributed by atoms with Crippen LogP contribution in [0.4, 0.5) is 4.39 Å². The highest BCUT2D eigenvalue weighted by molar-refractivity contribution is 5.79. The van der Waals surface area contributed by atoms with Crippen LogP contribution in [0.2, 0.25) is 0 Å². The number of aromatic nitrogens is 1.